The topological polar surface area (TPSA) is 50.4 Å². The second-order valence-corrected chi connectivity index (χ2v) is 4.96. The first kappa shape index (κ1) is 14.0. The third-order valence-electron chi connectivity index (χ3n) is 3.37. The highest BCUT2D eigenvalue weighted by atomic mass is 16.5. The molecule has 19 heavy (non-hydrogen) atoms. The Kier molecular flexibility index (Phi) is 5.36. The fourth-order valence-corrected chi connectivity index (χ4v) is 2.24. The number of amides is 1. The molecule has 1 unspecified atom stereocenters. The van der Waals surface area contributed by atoms with E-state index in [0.29, 0.717) is 12.6 Å². The maximum atomic E-state index is 11.8. The molecule has 0 spiro atoms. The predicted octanol–water partition coefficient (Wildman–Crippen LogP) is 2.09. The van der Waals surface area contributed by atoms with Gasteiger partial charge in [0.1, 0.15) is 0 Å². The van der Waals surface area contributed by atoms with Gasteiger partial charge in [-0.05, 0) is 44.4 Å². The van der Waals surface area contributed by atoms with Crippen LogP contribution in [0.4, 0.5) is 5.69 Å². The molecular formula is C15H22N2O2. The predicted molar refractivity (Wildman–Crippen MR) is 76.3 cm³/mol. The summed E-state index contributed by atoms with van der Waals surface area (Å²) in [4.78, 5) is 11.8. The fraction of sp³-hybridized carbons (Fsp3) is 0.533. The minimum Gasteiger partial charge on any atom is -0.378 e. The molecule has 0 bridgehead atoms. The molecule has 1 aliphatic heterocycles. The number of carbonyl (C=O) groups is 1. The Morgan fingerprint density at radius 3 is 3.00 bits per heavy atom. The Balaban J connectivity index is 1.63. The van der Waals surface area contributed by atoms with Crippen LogP contribution < -0.4 is 10.6 Å². The summed E-state index contributed by atoms with van der Waals surface area (Å²) >= 11 is 0. The Bertz CT molecular complexity index is 414. The van der Waals surface area contributed by atoms with E-state index in [-0.39, 0.29) is 5.91 Å². The lowest BCUT2D eigenvalue weighted by Crippen LogP contribution is -2.30. The molecule has 1 amide bonds. The van der Waals surface area contributed by atoms with Gasteiger partial charge in [-0.15, -0.1) is 0 Å². The maximum absolute atomic E-state index is 11.8. The monoisotopic (exact) mass is 262 g/mol. The first-order valence-electron chi connectivity index (χ1n) is 6.93. The van der Waals surface area contributed by atoms with Crippen LogP contribution in [0.25, 0.3) is 0 Å². The van der Waals surface area contributed by atoms with Crippen molar-refractivity contribution in [3.05, 3.63) is 29.8 Å². The molecule has 1 atom stereocenters. The summed E-state index contributed by atoms with van der Waals surface area (Å²) in [6.45, 7) is 4.05. The molecule has 0 saturated carbocycles. The summed E-state index contributed by atoms with van der Waals surface area (Å²) in [7, 11) is 0. The first-order chi connectivity index (χ1) is 9.25. The molecule has 0 aromatic heterocycles. The third kappa shape index (κ3) is 4.65. The second kappa shape index (κ2) is 7.26. The fourth-order valence-electron chi connectivity index (χ4n) is 2.24. The number of hydrogen-bond acceptors (Lipinski definition) is 3. The van der Waals surface area contributed by atoms with E-state index in [1.807, 2.05) is 31.2 Å². The van der Waals surface area contributed by atoms with Crippen LogP contribution in [0.2, 0.25) is 0 Å². The minimum absolute atomic E-state index is 0.00152. The van der Waals surface area contributed by atoms with E-state index >= 15 is 0 Å². The van der Waals surface area contributed by atoms with Crippen LogP contribution in [0.5, 0.6) is 0 Å². The molecule has 1 aromatic carbocycles. The van der Waals surface area contributed by atoms with Crippen LogP contribution >= 0.6 is 0 Å². The number of nitrogens with one attached hydrogen (secondary N) is 2. The van der Waals surface area contributed by atoms with Gasteiger partial charge in [0.2, 0.25) is 5.91 Å². The van der Waals surface area contributed by atoms with Gasteiger partial charge in [0.25, 0.3) is 0 Å². The van der Waals surface area contributed by atoms with Crippen molar-refractivity contribution in [2.75, 3.05) is 25.0 Å². The number of aryl methyl sites for hydroxylation is 1. The summed E-state index contributed by atoms with van der Waals surface area (Å²) < 4.78 is 5.53. The maximum Gasteiger partial charge on any atom is 0.238 e. The highest BCUT2D eigenvalue weighted by Crippen LogP contribution is 2.14. The van der Waals surface area contributed by atoms with Crippen molar-refractivity contribution >= 4 is 11.6 Å². The molecular weight excluding hydrogens is 240 g/mol. The Morgan fingerprint density at radius 2 is 2.26 bits per heavy atom. The molecule has 0 radical (unpaired) electrons. The standard InChI is InChI=1S/C15H22N2O2/c1-12-5-2-3-7-14(12)17-15(18)11-16-9-8-13-6-4-10-19-13/h2-3,5,7,13,16H,4,6,8-11H2,1H3,(H,17,18). The van der Waals surface area contributed by atoms with Crippen LogP contribution in [0.3, 0.4) is 0 Å². The average molecular weight is 262 g/mol. The normalized spacial score (nSPS) is 18.5. The summed E-state index contributed by atoms with van der Waals surface area (Å²) in [5.41, 5.74) is 1.96. The lowest BCUT2D eigenvalue weighted by atomic mass is 10.2. The van der Waals surface area contributed by atoms with Crippen molar-refractivity contribution in [3.8, 4) is 0 Å². The van der Waals surface area contributed by atoms with Gasteiger partial charge in [0, 0.05) is 12.3 Å². The van der Waals surface area contributed by atoms with Crippen molar-refractivity contribution in [2.24, 2.45) is 0 Å². The van der Waals surface area contributed by atoms with Gasteiger partial charge in [0.05, 0.1) is 12.6 Å². The first-order valence-corrected chi connectivity index (χ1v) is 6.93. The van der Waals surface area contributed by atoms with Crippen LogP contribution in [-0.2, 0) is 9.53 Å². The molecule has 2 N–H and O–H groups in total. The smallest absolute Gasteiger partial charge is 0.238 e. The highest BCUT2D eigenvalue weighted by Gasteiger charge is 2.14. The minimum atomic E-state index is 0.00152. The lowest BCUT2D eigenvalue weighted by molar-refractivity contribution is -0.115. The van der Waals surface area contributed by atoms with Crippen LogP contribution in [0.15, 0.2) is 24.3 Å². The molecule has 1 saturated heterocycles. The summed E-state index contributed by atoms with van der Waals surface area (Å²) in [6, 6.07) is 7.79. The summed E-state index contributed by atoms with van der Waals surface area (Å²) in [5.74, 6) is 0.00152. The Labute approximate surface area is 114 Å². The molecule has 1 heterocycles. The van der Waals surface area contributed by atoms with Crippen molar-refractivity contribution < 1.29 is 9.53 Å². The zero-order valence-electron chi connectivity index (χ0n) is 11.4. The van der Waals surface area contributed by atoms with E-state index in [0.717, 1.165) is 37.2 Å². The van der Waals surface area contributed by atoms with Gasteiger partial charge in [-0.25, -0.2) is 0 Å². The Hall–Kier alpha value is -1.39. The van der Waals surface area contributed by atoms with Crippen LogP contribution in [0.1, 0.15) is 24.8 Å². The van der Waals surface area contributed by atoms with E-state index in [4.69, 9.17) is 4.74 Å². The molecule has 104 valence electrons. The quantitative estimate of drug-likeness (QED) is 0.772. The van der Waals surface area contributed by atoms with Crippen molar-refractivity contribution in [3.63, 3.8) is 0 Å². The highest BCUT2D eigenvalue weighted by molar-refractivity contribution is 5.92. The van der Waals surface area contributed by atoms with Crippen LogP contribution in [-0.4, -0.2) is 31.7 Å². The molecule has 4 nitrogen and oxygen atoms in total. The van der Waals surface area contributed by atoms with Crippen molar-refractivity contribution in [2.45, 2.75) is 32.3 Å². The van der Waals surface area contributed by atoms with Crippen molar-refractivity contribution in [1.29, 1.82) is 0 Å². The van der Waals surface area contributed by atoms with Gasteiger partial charge < -0.3 is 15.4 Å². The summed E-state index contributed by atoms with van der Waals surface area (Å²) in [6.07, 6.45) is 3.68. The number of carbonyl (C=O) groups excluding carboxylic acids is 1. The molecule has 1 fully saturated rings. The van der Waals surface area contributed by atoms with Crippen molar-refractivity contribution in [1.82, 2.24) is 5.32 Å². The molecule has 2 rings (SSSR count). The largest absolute Gasteiger partial charge is 0.378 e. The van der Waals surface area contributed by atoms with Gasteiger partial charge in [0.15, 0.2) is 0 Å². The third-order valence-corrected chi connectivity index (χ3v) is 3.37. The van der Waals surface area contributed by atoms with E-state index in [9.17, 15) is 4.79 Å². The van der Waals surface area contributed by atoms with Gasteiger partial charge in [-0.2, -0.15) is 0 Å². The van der Waals surface area contributed by atoms with E-state index in [1.54, 1.807) is 0 Å². The number of ether oxygens (including phenoxy) is 1. The van der Waals surface area contributed by atoms with E-state index in [1.165, 1.54) is 6.42 Å². The number of anilines is 1. The molecule has 4 heteroatoms. The van der Waals surface area contributed by atoms with Crippen LogP contribution in [0, 0.1) is 6.92 Å². The molecule has 0 aliphatic carbocycles. The molecule has 1 aliphatic rings. The average Bonchev–Trinajstić information content (AvgIpc) is 2.91. The zero-order chi connectivity index (χ0) is 13.5. The molecule has 1 aromatic rings. The van der Waals surface area contributed by atoms with E-state index < -0.39 is 0 Å². The van der Waals surface area contributed by atoms with Gasteiger partial charge in [-0.1, -0.05) is 18.2 Å². The van der Waals surface area contributed by atoms with Gasteiger partial charge in [-0.3, -0.25) is 4.79 Å². The number of hydrogen-bond donors (Lipinski definition) is 2. The second-order valence-electron chi connectivity index (χ2n) is 4.96. The number of para-hydroxylation sites is 1. The zero-order valence-corrected chi connectivity index (χ0v) is 11.4. The van der Waals surface area contributed by atoms with Gasteiger partial charge >= 0.3 is 0 Å². The Morgan fingerprint density at radius 1 is 1.42 bits per heavy atom. The number of rotatable bonds is 6. The van der Waals surface area contributed by atoms with E-state index in [2.05, 4.69) is 10.6 Å². The lowest BCUT2D eigenvalue weighted by Gasteiger charge is -2.11. The summed E-state index contributed by atoms with van der Waals surface area (Å²) in [5, 5.41) is 6.07. The number of benzene rings is 1. The SMILES string of the molecule is Cc1ccccc1NC(=O)CNCCC1CCCO1.